The van der Waals surface area contributed by atoms with Crippen LogP contribution in [-0.4, -0.2) is 39.8 Å². The van der Waals surface area contributed by atoms with Crippen LogP contribution in [0.1, 0.15) is 35.0 Å². The van der Waals surface area contributed by atoms with Crippen molar-refractivity contribution in [2.75, 3.05) is 18.6 Å². The number of carbonyl (C=O) groups excluding carboxylic acids is 1. The van der Waals surface area contributed by atoms with Gasteiger partial charge in [-0.1, -0.05) is 6.92 Å². The molecule has 0 spiro atoms. The number of aromatic nitrogens is 4. The van der Waals surface area contributed by atoms with Gasteiger partial charge in [-0.15, -0.1) is 0 Å². The number of ether oxygens (including phenoxy) is 2. The maximum atomic E-state index is 12.8. The number of methoxy groups -OCH3 is 1. The Kier molecular flexibility index (Phi) is 4.68. The standard InChI is InChI=1S/C20H21N5O3/c1-4-5-28-17-7-13(8-21-19(17)27-3)15-6-12(2)18-16(24-15)11-25(20(18)26)14-9-22-23-10-14/h6-10H,4-5,11H2,1-3H3,(H,22,23). The molecular formula is C20H21N5O3. The second-order valence-corrected chi connectivity index (χ2v) is 6.57. The quantitative estimate of drug-likeness (QED) is 0.707. The zero-order valence-corrected chi connectivity index (χ0v) is 16.0. The van der Waals surface area contributed by atoms with E-state index in [4.69, 9.17) is 14.5 Å². The van der Waals surface area contributed by atoms with Gasteiger partial charge in [0.1, 0.15) is 0 Å². The first-order valence-electron chi connectivity index (χ1n) is 9.10. The molecule has 1 aliphatic rings. The zero-order valence-electron chi connectivity index (χ0n) is 16.0. The molecule has 0 aromatic carbocycles. The van der Waals surface area contributed by atoms with Crippen molar-refractivity contribution in [1.29, 1.82) is 0 Å². The van der Waals surface area contributed by atoms with Gasteiger partial charge < -0.3 is 9.47 Å². The van der Waals surface area contributed by atoms with Gasteiger partial charge in [-0.3, -0.25) is 19.8 Å². The first-order chi connectivity index (χ1) is 13.6. The van der Waals surface area contributed by atoms with Gasteiger partial charge in [0.25, 0.3) is 11.8 Å². The van der Waals surface area contributed by atoms with E-state index < -0.39 is 0 Å². The number of nitrogens with one attached hydrogen (secondary N) is 1. The number of carbonyl (C=O) groups is 1. The van der Waals surface area contributed by atoms with Gasteiger partial charge in [-0.25, -0.2) is 4.98 Å². The number of nitrogens with zero attached hydrogens (tertiary/aromatic N) is 4. The summed E-state index contributed by atoms with van der Waals surface area (Å²) in [6.07, 6.45) is 5.92. The Bertz CT molecular complexity index is 1020. The topological polar surface area (TPSA) is 93.2 Å². The summed E-state index contributed by atoms with van der Waals surface area (Å²) in [6.45, 7) is 4.95. The van der Waals surface area contributed by atoms with E-state index in [9.17, 15) is 4.79 Å². The van der Waals surface area contributed by atoms with Gasteiger partial charge >= 0.3 is 0 Å². The zero-order chi connectivity index (χ0) is 19.7. The fourth-order valence-corrected chi connectivity index (χ4v) is 3.29. The molecule has 0 aliphatic carbocycles. The number of aromatic amines is 1. The van der Waals surface area contributed by atoms with Crippen molar-refractivity contribution in [3.8, 4) is 22.9 Å². The lowest BCUT2D eigenvalue weighted by molar-refractivity contribution is 0.0996. The number of pyridine rings is 2. The Balaban J connectivity index is 1.71. The third-order valence-corrected chi connectivity index (χ3v) is 4.62. The number of aryl methyl sites for hydroxylation is 1. The van der Waals surface area contributed by atoms with Crippen molar-refractivity contribution in [1.82, 2.24) is 20.2 Å². The van der Waals surface area contributed by atoms with Crippen LogP contribution in [0.15, 0.2) is 30.7 Å². The molecule has 0 saturated heterocycles. The van der Waals surface area contributed by atoms with E-state index in [0.717, 1.165) is 34.6 Å². The summed E-state index contributed by atoms with van der Waals surface area (Å²) in [4.78, 5) is 23.6. The van der Waals surface area contributed by atoms with Crippen LogP contribution in [0.25, 0.3) is 11.3 Å². The smallest absolute Gasteiger partial charge is 0.260 e. The van der Waals surface area contributed by atoms with E-state index >= 15 is 0 Å². The van der Waals surface area contributed by atoms with E-state index in [-0.39, 0.29) is 5.91 Å². The number of anilines is 1. The van der Waals surface area contributed by atoms with Gasteiger partial charge in [0.2, 0.25) is 0 Å². The van der Waals surface area contributed by atoms with Crippen LogP contribution in [0.2, 0.25) is 0 Å². The van der Waals surface area contributed by atoms with Crippen molar-refractivity contribution in [2.24, 2.45) is 0 Å². The normalized spacial score (nSPS) is 13.0. The second-order valence-electron chi connectivity index (χ2n) is 6.57. The molecule has 144 valence electrons. The summed E-state index contributed by atoms with van der Waals surface area (Å²) in [5, 5.41) is 6.67. The van der Waals surface area contributed by atoms with Crippen molar-refractivity contribution < 1.29 is 14.3 Å². The van der Waals surface area contributed by atoms with E-state index in [2.05, 4.69) is 15.2 Å². The fourth-order valence-electron chi connectivity index (χ4n) is 3.29. The van der Waals surface area contributed by atoms with Crippen molar-refractivity contribution in [2.45, 2.75) is 26.8 Å². The molecule has 0 atom stereocenters. The predicted molar refractivity (Wildman–Crippen MR) is 104 cm³/mol. The summed E-state index contributed by atoms with van der Waals surface area (Å²) in [5.74, 6) is 0.960. The molecule has 0 bridgehead atoms. The minimum absolute atomic E-state index is 0.0622. The maximum absolute atomic E-state index is 12.8. The summed E-state index contributed by atoms with van der Waals surface area (Å²) in [6, 6.07) is 3.78. The molecule has 8 nitrogen and oxygen atoms in total. The molecule has 0 saturated carbocycles. The predicted octanol–water partition coefficient (Wildman–Crippen LogP) is 3.13. The van der Waals surface area contributed by atoms with Crippen LogP contribution in [0.4, 0.5) is 5.69 Å². The number of amides is 1. The third-order valence-electron chi connectivity index (χ3n) is 4.62. The molecule has 0 unspecified atom stereocenters. The second kappa shape index (κ2) is 7.30. The van der Waals surface area contributed by atoms with E-state index in [1.54, 1.807) is 30.6 Å². The van der Waals surface area contributed by atoms with Gasteiger partial charge in [0.05, 0.1) is 49.1 Å². The van der Waals surface area contributed by atoms with E-state index in [0.29, 0.717) is 30.3 Å². The molecule has 1 aliphatic heterocycles. The van der Waals surface area contributed by atoms with Crippen LogP contribution in [-0.2, 0) is 6.54 Å². The molecular weight excluding hydrogens is 358 g/mol. The highest BCUT2D eigenvalue weighted by molar-refractivity contribution is 6.10. The van der Waals surface area contributed by atoms with Crippen molar-refractivity contribution >= 4 is 11.6 Å². The van der Waals surface area contributed by atoms with Crippen LogP contribution >= 0.6 is 0 Å². The number of rotatable bonds is 6. The average molecular weight is 379 g/mol. The Morgan fingerprint density at radius 2 is 2.14 bits per heavy atom. The lowest BCUT2D eigenvalue weighted by Gasteiger charge is -2.11. The summed E-state index contributed by atoms with van der Waals surface area (Å²) in [5.41, 5.74) is 4.55. The minimum atomic E-state index is -0.0622. The first-order valence-corrected chi connectivity index (χ1v) is 9.10. The highest BCUT2D eigenvalue weighted by Crippen LogP contribution is 2.34. The largest absolute Gasteiger partial charge is 0.488 e. The molecule has 3 aromatic rings. The summed E-state index contributed by atoms with van der Waals surface area (Å²) in [7, 11) is 1.56. The highest BCUT2D eigenvalue weighted by Gasteiger charge is 2.32. The molecule has 1 amide bonds. The fraction of sp³-hybridized carbons (Fsp3) is 0.300. The van der Waals surface area contributed by atoms with Crippen LogP contribution in [0, 0.1) is 6.92 Å². The Labute approximate surface area is 162 Å². The van der Waals surface area contributed by atoms with Gasteiger partial charge in [-0.2, -0.15) is 5.10 Å². The molecule has 4 rings (SSSR count). The van der Waals surface area contributed by atoms with Crippen LogP contribution < -0.4 is 14.4 Å². The van der Waals surface area contributed by atoms with Gasteiger partial charge in [-0.05, 0) is 31.0 Å². The van der Waals surface area contributed by atoms with Crippen molar-refractivity contribution in [3.05, 3.63) is 47.5 Å². The molecule has 0 fully saturated rings. The molecule has 0 radical (unpaired) electrons. The van der Waals surface area contributed by atoms with Gasteiger partial charge in [0, 0.05) is 18.0 Å². The minimum Gasteiger partial charge on any atom is -0.488 e. The van der Waals surface area contributed by atoms with E-state index in [1.807, 2.05) is 26.0 Å². The summed E-state index contributed by atoms with van der Waals surface area (Å²) < 4.78 is 11.0. The Morgan fingerprint density at radius 1 is 1.29 bits per heavy atom. The molecule has 4 heterocycles. The van der Waals surface area contributed by atoms with E-state index in [1.165, 1.54) is 0 Å². The van der Waals surface area contributed by atoms with Gasteiger partial charge in [0.15, 0.2) is 5.75 Å². The lowest BCUT2D eigenvalue weighted by atomic mass is 10.0. The molecule has 3 aromatic heterocycles. The molecule has 28 heavy (non-hydrogen) atoms. The van der Waals surface area contributed by atoms with Crippen LogP contribution in [0.5, 0.6) is 11.6 Å². The van der Waals surface area contributed by atoms with Crippen molar-refractivity contribution in [3.63, 3.8) is 0 Å². The number of fused-ring (bicyclic) bond motifs is 1. The Hall–Kier alpha value is -3.42. The molecule has 1 N–H and O–H groups in total. The number of hydrogen-bond donors (Lipinski definition) is 1. The third kappa shape index (κ3) is 3.06. The summed E-state index contributed by atoms with van der Waals surface area (Å²) >= 11 is 0. The Morgan fingerprint density at radius 3 is 2.86 bits per heavy atom. The number of hydrogen-bond acceptors (Lipinski definition) is 6. The number of H-pyrrole nitrogens is 1. The average Bonchev–Trinajstić information content (AvgIpc) is 3.34. The SMILES string of the molecule is CCCOc1cc(-c2cc(C)c3c(n2)CN(c2cn[nH]c2)C3=O)cnc1OC. The first kappa shape index (κ1) is 18.0. The highest BCUT2D eigenvalue weighted by atomic mass is 16.5. The molecule has 8 heteroatoms. The maximum Gasteiger partial charge on any atom is 0.260 e. The monoisotopic (exact) mass is 379 g/mol. The lowest BCUT2D eigenvalue weighted by Crippen LogP contribution is -2.22. The van der Waals surface area contributed by atoms with Crippen LogP contribution in [0.3, 0.4) is 0 Å².